The van der Waals surface area contributed by atoms with Crippen LogP contribution in [-0.2, 0) is 20.9 Å². The second kappa shape index (κ2) is 9.55. The fourth-order valence-electron chi connectivity index (χ4n) is 1.81. The predicted molar refractivity (Wildman–Crippen MR) is 92.4 cm³/mol. The first kappa shape index (κ1) is 19.5. The van der Waals surface area contributed by atoms with Gasteiger partial charge >= 0.3 is 12.1 Å². The highest BCUT2D eigenvalue weighted by Gasteiger charge is 2.26. The summed E-state index contributed by atoms with van der Waals surface area (Å²) in [7, 11) is 0. The van der Waals surface area contributed by atoms with Gasteiger partial charge < -0.3 is 14.8 Å². The molecule has 1 N–H and O–H groups in total. The summed E-state index contributed by atoms with van der Waals surface area (Å²) in [5, 5.41) is 3.33. The summed E-state index contributed by atoms with van der Waals surface area (Å²) in [6, 6.07) is 8.65. The Hall–Kier alpha value is -1.56. The molecule has 0 fully saturated rings. The molecule has 0 saturated heterocycles. The molecule has 0 heterocycles. The van der Waals surface area contributed by atoms with Crippen LogP contribution in [0.15, 0.2) is 30.3 Å². The molecule has 1 amide bonds. The van der Waals surface area contributed by atoms with E-state index in [0.717, 1.165) is 17.3 Å². The summed E-state index contributed by atoms with van der Waals surface area (Å²) in [5.74, 6) is -0.449. The van der Waals surface area contributed by atoms with Crippen LogP contribution >= 0.6 is 15.9 Å². The number of rotatable bonds is 7. The molecule has 0 aromatic heterocycles. The second-order valence-corrected chi connectivity index (χ2v) is 6.92. The first-order valence-electron chi connectivity index (χ1n) is 7.58. The average Bonchev–Trinajstić information content (AvgIpc) is 2.48. The van der Waals surface area contributed by atoms with Gasteiger partial charge in [-0.05, 0) is 39.2 Å². The van der Waals surface area contributed by atoms with Crippen LogP contribution in [0, 0.1) is 0 Å². The van der Waals surface area contributed by atoms with Crippen molar-refractivity contribution >= 4 is 28.0 Å². The number of alkyl carbamates (subject to hydrolysis) is 1. The number of alkyl halides is 1. The Kier molecular flexibility index (Phi) is 8.09. The normalized spacial score (nSPS) is 12.3. The van der Waals surface area contributed by atoms with E-state index in [1.54, 1.807) is 20.8 Å². The SMILES string of the molecule is CC(C)(C)OC(=O)C(CCCBr)NC(=O)OCc1ccccc1. The number of benzene rings is 1. The van der Waals surface area contributed by atoms with E-state index in [1.165, 1.54) is 0 Å². The number of esters is 1. The second-order valence-electron chi connectivity index (χ2n) is 6.12. The van der Waals surface area contributed by atoms with Crippen molar-refractivity contribution in [3.8, 4) is 0 Å². The van der Waals surface area contributed by atoms with Crippen LogP contribution in [0.3, 0.4) is 0 Å². The Morgan fingerprint density at radius 2 is 1.87 bits per heavy atom. The van der Waals surface area contributed by atoms with Crippen LogP contribution in [0.25, 0.3) is 0 Å². The van der Waals surface area contributed by atoms with Crippen LogP contribution in [-0.4, -0.2) is 29.0 Å². The van der Waals surface area contributed by atoms with Crippen molar-refractivity contribution in [3.63, 3.8) is 0 Å². The third-order valence-electron chi connectivity index (χ3n) is 2.82. The molecule has 0 aliphatic carbocycles. The van der Waals surface area contributed by atoms with Crippen molar-refractivity contribution in [2.45, 2.75) is 51.9 Å². The van der Waals surface area contributed by atoms with Gasteiger partial charge in [0.05, 0.1) is 0 Å². The van der Waals surface area contributed by atoms with Gasteiger partial charge in [0.1, 0.15) is 18.2 Å². The molecular formula is C17H24BrNO4. The molecular weight excluding hydrogens is 362 g/mol. The highest BCUT2D eigenvalue weighted by Crippen LogP contribution is 2.11. The van der Waals surface area contributed by atoms with Crippen LogP contribution in [0.5, 0.6) is 0 Å². The molecule has 0 aliphatic heterocycles. The predicted octanol–water partition coefficient (Wildman–Crippen LogP) is 3.80. The van der Waals surface area contributed by atoms with Gasteiger partial charge in [0, 0.05) is 5.33 Å². The summed E-state index contributed by atoms with van der Waals surface area (Å²) in [4.78, 5) is 24.1. The fourth-order valence-corrected chi connectivity index (χ4v) is 2.13. The van der Waals surface area contributed by atoms with Crippen molar-refractivity contribution in [1.29, 1.82) is 0 Å². The zero-order valence-corrected chi connectivity index (χ0v) is 15.4. The quantitative estimate of drug-likeness (QED) is 0.572. The van der Waals surface area contributed by atoms with E-state index >= 15 is 0 Å². The van der Waals surface area contributed by atoms with E-state index in [-0.39, 0.29) is 6.61 Å². The fraction of sp³-hybridized carbons (Fsp3) is 0.529. The monoisotopic (exact) mass is 385 g/mol. The third kappa shape index (κ3) is 8.59. The lowest BCUT2D eigenvalue weighted by Crippen LogP contribution is -2.44. The molecule has 0 radical (unpaired) electrons. The van der Waals surface area contributed by atoms with Gasteiger partial charge in [0.2, 0.25) is 0 Å². The van der Waals surface area contributed by atoms with E-state index in [9.17, 15) is 9.59 Å². The maximum Gasteiger partial charge on any atom is 0.408 e. The zero-order valence-electron chi connectivity index (χ0n) is 13.8. The standard InChI is InChI=1S/C17H24BrNO4/c1-17(2,3)23-15(20)14(10-7-11-18)19-16(21)22-12-13-8-5-4-6-9-13/h4-6,8-9,14H,7,10-12H2,1-3H3,(H,19,21). The highest BCUT2D eigenvalue weighted by atomic mass is 79.9. The Bertz CT molecular complexity index is 499. The molecule has 1 unspecified atom stereocenters. The lowest BCUT2D eigenvalue weighted by Gasteiger charge is -2.24. The maximum absolute atomic E-state index is 12.2. The van der Waals surface area contributed by atoms with Gasteiger partial charge in [-0.15, -0.1) is 0 Å². The minimum Gasteiger partial charge on any atom is -0.458 e. The molecule has 1 aromatic rings. The van der Waals surface area contributed by atoms with E-state index in [4.69, 9.17) is 9.47 Å². The molecule has 0 saturated carbocycles. The Labute approximate surface area is 145 Å². The van der Waals surface area contributed by atoms with Crippen LogP contribution in [0.1, 0.15) is 39.2 Å². The number of carbonyl (C=O) groups is 2. The summed E-state index contributed by atoms with van der Waals surface area (Å²) >= 11 is 3.32. The van der Waals surface area contributed by atoms with Gasteiger partial charge in [-0.25, -0.2) is 9.59 Å². The Morgan fingerprint density at radius 3 is 2.43 bits per heavy atom. The lowest BCUT2D eigenvalue weighted by molar-refractivity contribution is -0.157. The minimum absolute atomic E-state index is 0.159. The molecule has 0 aliphatic rings. The van der Waals surface area contributed by atoms with Crippen molar-refractivity contribution in [1.82, 2.24) is 5.32 Å². The molecule has 1 atom stereocenters. The van der Waals surface area contributed by atoms with Gasteiger partial charge in [-0.3, -0.25) is 0 Å². The highest BCUT2D eigenvalue weighted by molar-refractivity contribution is 9.09. The summed E-state index contributed by atoms with van der Waals surface area (Å²) in [6.45, 7) is 5.53. The van der Waals surface area contributed by atoms with Crippen molar-refractivity contribution in [2.75, 3.05) is 5.33 Å². The lowest BCUT2D eigenvalue weighted by atomic mass is 10.1. The van der Waals surface area contributed by atoms with E-state index in [0.29, 0.717) is 6.42 Å². The van der Waals surface area contributed by atoms with E-state index < -0.39 is 23.7 Å². The molecule has 23 heavy (non-hydrogen) atoms. The zero-order chi connectivity index (χ0) is 17.3. The van der Waals surface area contributed by atoms with Crippen LogP contribution in [0.4, 0.5) is 4.79 Å². The molecule has 0 bridgehead atoms. The van der Waals surface area contributed by atoms with Gasteiger partial charge in [-0.1, -0.05) is 46.3 Å². The molecule has 128 valence electrons. The van der Waals surface area contributed by atoms with E-state index in [1.807, 2.05) is 30.3 Å². The Balaban J connectivity index is 2.54. The van der Waals surface area contributed by atoms with Gasteiger partial charge in [0.25, 0.3) is 0 Å². The minimum atomic E-state index is -0.713. The summed E-state index contributed by atoms with van der Waals surface area (Å²) in [5.41, 5.74) is 0.288. The molecule has 1 rings (SSSR count). The number of carbonyl (C=O) groups excluding carboxylic acids is 2. The third-order valence-corrected chi connectivity index (χ3v) is 3.38. The number of hydrogen-bond donors (Lipinski definition) is 1. The molecule has 5 nitrogen and oxygen atoms in total. The molecule has 1 aromatic carbocycles. The van der Waals surface area contributed by atoms with Crippen LogP contribution in [0.2, 0.25) is 0 Å². The van der Waals surface area contributed by atoms with Crippen LogP contribution < -0.4 is 5.32 Å². The average molecular weight is 386 g/mol. The van der Waals surface area contributed by atoms with Gasteiger partial charge in [0.15, 0.2) is 0 Å². The summed E-state index contributed by atoms with van der Waals surface area (Å²) in [6.07, 6.45) is 0.600. The van der Waals surface area contributed by atoms with Crippen molar-refractivity contribution < 1.29 is 19.1 Å². The first-order valence-corrected chi connectivity index (χ1v) is 8.70. The Morgan fingerprint density at radius 1 is 1.22 bits per heavy atom. The largest absolute Gasteiger partial charge is 0.458 e. The smallest absolute Gasteiger partial charge is 0.408 e. The summed E-state index contributed by atoms with van der Waals surface area (Å²) < 4.78 is 10.5. The number of nitrogens with one attached hydrogen (secondary N) is 1. The van der Waals surface area contributed by atoms with Crippen molar-refractivity contribution in [2.24, 2.45) is 0 Å². The number of halogens is 1. The van der Waals surface area contributed by atoms with Gasteiger partial charge in [-0.2, -0.15) is 0 Å². The van der Waals surface area contributed by atoms with Crippen molar-refractivity contribution in [3.05, 3.63) is 35.9 Å². The molecule has 6 heteroatoms. The first-order chi connectivity index (χ1) is 10.8. The topological polar surface area (TPSA) is 64.6 Å². The number of amides is 1. The number of ether oxygens (including phenoxy) is 2. The molecule has 0 spiro atoms. The maximum atomic E-state index is 12.2. The number of hydrogen-bond acceptors (Lipinski definition) is 4. The van der Waals surface area contributed by atoms with E-state index in [2.05, 4.69) is 21.2 Å².